The van der Waals surface area contributed by atoms with E-state index in [9.17, 15) is 4.79 Å². The maximum atomic E-state index is 11.1. The van der Waals surface area contributed by atoms with E-state index in [0.717, 1.165) is 11.5 Å². The van der Waals surface area contributed by atoms with Gasteiger partial charge in [0.2, 0.25) is 0 Å². The molecule has 0 aliphatic carbocycles. The van der Waals surface area contributed by atoms with Crippen LogP contribution in [0.25, 0.3) is 0 Å². The molecule has 0 atom stereocenters. The first kappa shape index (κ1) is 13.3. The Morgan fingerprint density at radius 2 is 2.26 bits per heavy atom. The van der Waals surface area contributed by atoms with Crippen LogP contribution in [0.2, 0.25) is 0 Å². The average Bonchev–Trinajstić information content (AvgIpc) is 2.86. The van der Waals surface area contributed by atoms with E-state index in [2.05, 4.69) is 9.36 Å². The molecule has 6 nitrogen and oxygen atoms in total. The van der Waals surface area contributed by atoms with E-state index >= 15 is 0 Å². The Morgan fingerprint density at radius 1 is 1.47 bits per heavy atom. The van der Waals surface area contributed by atoms with Crippen LogP contribution in [0.3, 0.4) is 0 Å². The first-order valence-electron chi connectivity index (χ1n) is 5.55. The van der Waals surface area contributed by atoms with E-state index in [0.29, 0.717) is 23.2 Å². The molecule has 1 aromatic heterocycles. The van der Waals surface area contributed by atoms with Gasteiger partial charge in [0.15, 0.2) is 0 Å². The summed E-state index contributed by atoms with van der Waals surface area (Å²) >= 11 is 1.09. The number of carboxylic acid groups (broad SMARTS) is 1. The van der Waals surface area contributed by atoms with E-state index in [1.807, 2.05) is 6.92 Å². The predicted octanol–water partition coefficient (Wildman–Crippen LogP) is 2.60. The molecule has 0 aliphatic heterocycles. The van der Waals surface area contributed by atoms with E-state index in [-0.39, 0.29) is 11.3 Å². The molecule has 100 valence electrons. The van der Waals surface area contributed by atoms with Gasteiger partial charge in [0.1, 0.15) is 22.9 Å². The number of benzene rings is 1. The minimum Gasteiger partial charge on any atom is -0.497 e. The van der Waals surface area contributed by atoms with Crippen molar-refractivity contribution in [1.29, 1.82) is 0 Å². The van der Waals surface area contributed by atoms with Gasteiger partial charge in [0.05, 0.1) is 7.11 Å². The molecule has 1 N–H and O–H groups in total. The molecule has 0 aliphatic rings. The number of rotatable bonds is 5. The molecule has 0 fully saturated rings. The van der Waals surface area contributed by atoms with Crippen LogP contribution in [0, 0.1) is 0 Å². The second kappa shape index (κ2) is 5.66. The van der Waals surface area contributed by atoms with Crippen molar-refractivity contribution in [3.63, 3.8) is 0 Å². The average molecular weight is 280 g/mol. The van der Waals surface area contributed by atoms with Crippen molar-refractivity contribution in [2.45, 2.75) is 13.3 Å². The molecule has 0 unspecified atom stereocenters. The van der Waals surface area contributed by atoms with Crippen molar-refractivity contribution in [3.05, 3.63) is 29.6 Å². The number of carbonyl (C=O) groups is 1. The largest absolute Gasteiger partial charge is 0.497 e. The third kappa shape index (κ3) is 3.00. The minimum absolute atomic E-state index is 0.0500. The lowest BCUT2D eigenvalue weighted by Gasteiger charge is -2.07. The predicted molar refractivity (Wildman–Crippen MR) is 69.3 cm³/mol. The first-order valence-corrected chi connectivity index (χ1v) is 6.33. The van der Waals surface area contributed by atoms with Crippen molar-refractivity contribution >= 4 is 17.5 Å². The van der Waals surface area contributed by atoms with E-state index < -0.39 is 5.97 Å². The normalized spacial score (nSPS) is 10.2. The number of aromatic carboxylic acids is 1. The highest BCUT2D eigenvalue weighted by Crippen LogP contribution is 2.30. The van der Waals surface area contributed by atoms with Gasteiger partial charge in [0, 0.05) is 24.0 Å². The van der Waals surface area contributed by atoms with Gasteiger partial charge in [-0.2, -0.15) is 9.36 Å². The smallest absolute Gasteiger partial charge is 0.339 e. The summed E-state index contributed by atoms with van der Waals surface area (Å²) in [6, 6.07) is 4.50. The van der Waals surface area contributed by atoms with Gasteiger partial charge in [0.25, 0.3) is 5.19 Å². The summed E-state index contributed by atoms with van der Waals surface area (Å²) in [5.41, 5.74) is 0.0500. The Balaban J connectivity index is 2.33. The molecule has 19 heavy (non-hydrogen) atoms. The summed E-state index contributed by atoms with van der Waals surface area (Å²) in [6.45, 7) is 1.93. The summed E-state index contributed by atoms with van der Waals surface area (Å²) in [5, 5.41) is 9.42. The summed E-state index contributed by atoms with van der Waals surface area (Å²) in [6.07, 6.45) is 0.698. The van der Waals surface area contributed by atoms with Gasteiger partial charge in [-0.3, -0.25) is 0 Å². The third-order valence-electron chi connectivity index (χ3n) is 2.38. The second-order valence-corrected chi connectivity index (χ2v) is 4.31. The number of hydrogen-bond donors (Lipinski definition) is 1. The molecule has 0 saturated heterocycles. The van der Waals surface area contributed by atoms with Crippen LogP contribution in [0.4, 0.5) is 0 Å². The van der Waals surface area contributed by atoms with Gasteiger partial charge in [-0.25, -0.2) is 4.79 Å². The van der Waals surface area contributed by atoms with Gasteiger partial charge < -0.3 is 14.6 Å². The fourth-order valence-electron chi connectivity index (χ4n) is 1.41. The van der Waals surface area contributed by atoms with E-state index in [1.165, 1.54) is 19.2 Å². The highest BCUT2D eigenvalue weighted by atomic mass is 32.1. The Bertz CT molecular complexity index is 597. The fraction of sp³-hybridized carbons (Fsp3) is 0.250. The third-order valence-corrected chi connectivity index (χ3v) is 3.01. The first-order chi connectivity index (χ1) is 9.13. The summed E-state index contributed by atoms with van der Waals surface area (Å²) < 4.78 is 14.6. The van der Waals surface area contributed by atoms with Crippen LogP contribution in [-0.2, 0) is 6.42 Å². The van der Waals surface area contributed by atoms with Gasteiger partial charge >= 0.3 is 5.97 Å². The van der Waals surface area contributed by atoms with Crippen LogP contribution in [0.5, 0.6) is 16.7 Å². The zero-order valence-electron chi connectivity index (χ0n) is 10.4. The quantitative estimate of drug-likeness (QED) is 0.906. The number of carboxylic acids is 1. The maximum absolute atomic E-state index is 11.1. The molecular formula is C12H12N2O4S. The molecular weight excluding hydrogens is 268 g/mol. The van der Waals surface area contributed by atoms with Crippen LogP contribution in [-0.4, -0.2) is 27.5 Å². The fourth-order valence-corrected chi connectivity index (χ4v) is 2.03. The molecule has 0 bridgehead atoms. The molecule has 1 heterocycles. The lowest BCUT2D eigenvalue weighted by atomic mass is 10.2. The molecule has 2 rings (SSSR count). The Hall–Kier alpha value is -2.15. The monoisotopic (exact) mass is 280 g/mol. The second-order valence-electron chi connectivity index (χ2n) is 3.60. The van der Waals surface area contributed by atoms with Crippen LogP contribution < -0.4 is 9.47 Å². The Labute approximate surface area is 113 Å². The number of nitrogens with zero attached hydrogens (tertiary/aromatic N) is 2. The number of ether oxygens (including phenoxy) is 2. The van der Waals surface area contributed by atoms with Crippen molar-refractivity contribution in [2.75, 3.05) is 7.11 Å². The van der Waals surface area contributed by atoms with Crippen LogP contribution >= 0.6 is 11.5 Å². The maximum Gasteiger partial charge on any atom is 0.339 e. The van der Waals surface area contributed by atoms with Gasteiger partial charge in [-0.15, -0.1) is 0 Å². The molecule has 0 saturated carbocycles. The zero-order valence-corrected chi connectivity index (χ0v) is 11.2. The molecule has 0 spiro atoms. The van der Waals surface area contributed by atoms with Crippen molar-refractivity contribution in [1.82, 2.24) is 9.36 Å². The Kier molecular flexibility index (Phi) is 3.96. The summed E-state index contributed by atoms with van der Waals surface area (Å²) in [4.78, 5) is 15.3. The number of aromatic nitrogens is 2. The van der Waals surface area contributed by atoms with E-state index in [4.69, 9.17) is 14.6 Å². The minimum atomic E-state index is -1.07. The number of hydrogen-bond acceptors (Lipinski definition) is 6. The highest BCUT2D eigenvalue weighted by molar-refractivity contribution is 7.07. The number of methoxy groups -OCH3 is 1. The van der Waals surface area contributed by atoms with Crippen LogP contribution in [0.15, 0.2) is 18.2 Å². The molecule has 2 aromatic rings. The van der Waals surface area contributed by atoms with Gasteiger partial charge in [-0.1, -0.05) is 6.92 Å². The van der Waals surface area contributed by atoms with Crippen molar-refractivity contribution in [3.8, 4) is 16.7 Å². The molecule has 7 heteroatoms. The zero-order chi connectivity index (χ0) is 13.8. The Morgan fingerprint density at radius 3 is 2.84 bits per heavy atom. The lowest BCUT2D eigenvalue weighted by molar-refractivity contribution is 0.0694. The molecule has 0 radical (unpaired) electrons. The van der Waals surface area contributed by atoms with E-state index in [1.54, 1.807) is 6.07 Å². The van der Waals surface area contributed by atoms with Crippen LogP contribution in [0.1, 0.15) is 23.1 Å². The highest BCUT2D eigenvalue weighted by Gasteiger charge is 2.15. The lowest BCUT2D eigenvalue weighted by Crippen LogP contribution is -2.00. The summed E-state index contributed by atoms with van der Waals surface area (Å²) in [7, 11) is 1.50. The standard InChI is InChI=1S/C12H12N2O4S/c1-3-10-13-12(19-14-10)18-9-6-7(17-2)4-5-8(9)11(15)16/h4-6H,3H2,1-2H3,(H,15,16). The van der Waals surface area contributed by atoms with Crippen molar-refractivity contribution in [2.24, 2.45) is 0 Å². The molecule has 1 aromatic carbocycles. The number of aryl methyl sites for hydroxylation is 1. The SMILES string of the molecule is CCc1nsc(Oc2cc(OC)ccc2C(=O)O)n1. The van der Waals surface area contributed by atoms with Gasteiger partial charge in [-0.05, 0) is 12.1 Å². The molecule has 0 amide bonds. The topological polar surface area (TPSA) is 81.5 Å². The van der Waals surface area contributed by atoms with Crippen molar-refractivity contribution < 1.29 is 19.4 Å². The summed E-state index contributed by atoms with van der Waals surface area (Å²) in [5.74, 6) is 0.295.